The van der Waals surface area contributed by atoms with Crippen LogP contribution in [0.4, 0.5) is 0 Å². The second-order valence-corrected chi connectivity index (χ2v) is 8.64. The molecule has 2 aliphatic heterocycles. The minimum atomic E-state index is -3.61. The molecule has 0 saturated carbocycles. The number of benzene rings is 1. The third-order valence-electron chi connectivity index (χ3n) is 5.07. The molecule has 2 aromatic rings. The number of likely N-dealkylation sites (tertiary alicyclic amines) is 1. The van der Waals surface area contributed by atoms with Crippen molar-refractivity contribution in [2.45, 2.75) is 37.2 Å². The molecule has 132 valence electrons. The fraction of sp³-hybridized carbons (Fsp3) is 0.412. The molecule has 7 nitrogen and oxygen atoms in total. The zero-order valence-corrected chi connectivity index (χ0v) is 15.0. The molecule has 25 heavy (non-hydrogen) atoms. The Balaban J connectivity index is 1.87. The third kappa shape index (κ3) is 2.39. The van der Waals surface area contributed by atoms with Crippen molar-refractivity contribution in [3.63, 3.8) is 0 Å². The quantitative estimate of drug-likeness (QED) is 0.775. The third-order valence-corrected chi connectivity index (χ3v) is 6.92. The Morgan fingerprint density at radius 3 is 2.76 bits per heavy atom. The first kappa shape index (κ1) is 16.3. The summed E-state index contributed by atoms with van der Waals surface area (Å²) in [7, 11) is -2.08. The van der Waals surface area contributed by atoms with Gasteiger partial charge in [-0.2, -0.15) is 4.31 Å². The molecule has 0 aliphatic carbocycles. The summed E-state index contributed by atoms with van der Waals surface area (Å²) in [4.78, 5) is 19.4. The number of nitrogens with zero attached hydrogens (tertiary/aromatic N) is 4. The molecule has 2 aliphatic rings. The van der Waals surface area contributed by atoms with E-state index in [4.69, 9.17) is 0 Å². The normalized spacial score (nSPS) is 22.3. The van der Waals surface area contributed by atoms with Gasteiger partial charge in [-0.3, -0.25) is 9.36 Å². The van der Waals surface area contributed by atoms with E-state index in [0.717, 1.165) is 19.4 Å². The molecular weight excluding hydrogens is 340 g/mol. The largest absolute Gasteiger partial charge is 0.335 e. The molecule has 8 heteroatoms. The summed E-state index contributed by atoms with van der Waals surface area (Å²) in [5, 5.41) is 0. The molecule has 0 N–H and O–H groups in total. The SMILES string of the molecule is CC1CCCN1C(=O)c1ncn2c1CN(C)S(=O)(=O)c1ccccc1-2. The van der Waals surface area contributed by atoms with Crippen LogP contribution in [0.1, 0.15) is 35.9 Å². The molecule has 1 aromatic heterocycles. The van der Waals surface area contributed by atoms with Crippen LogP contribution in [0, 0.1) is 0 Å². The molecule has 0 radical (unpaired) electrons. The number of carbonyl (C=O) groups excluding carboxylic acids is 1. The Morgan fingerprint density at radius 2 is 2.04 bits per heavy atom. The van der Waals surface area contributed by atoms with Crippen molar-refractivity contribution in [2.75, 3.05) is 13.6 Å². The molecule has 0 spiro atoms. The van der Waals surface area contributed by atoms with Crippen molar-refractivity contribution in [3.8, 4) is 5.69 Å². The van der Waals surface area contributed by atoms with E-state index < -0.39 is 10.0 Å². The van der Waals surface area contributed by atoms with Gasteiger partial charge in [0, 0.05) is 19.6 Å². The maximum atomic E-state index is 13.0. The lowest BCUT2D eigenvalue weighted by molar-refractivity contribution is 0.0740. The number of para-hydroxylation sites is 1. The van der Waals surface area contributed by atoms with Crippen LogP contribution in [0.15, 0.2) is 35.5 Å². The summed E-state index contributed by atoms with van der Waals surface area (Å²) in [6, 6.07) is 6.99. The van der Waals surface area contributed by atoms with Crippen LogP contribution in [0.3, 0.4) is 0 Å². The molecular formula is C17H20N4O3S. The van der Waals surface area contributed by atoms with Crippen molar-refractivity contribution in [2.24, 2.45) is 0 Å². The molecule has 0 bridgehead atoms. The van der Waals surface area contributed by atoms with Gasteiger partial charge in [0.05, 0.1) is 17.9 Å². The van der Waals surface area contributed by atoms with Crippen LogP contribution in [0.5, 0.6) is 0 Å². The highest BCUT2D eigenvalue weighted by atomic mass is 32.2. The van der Waals surface area contributed by atoms with Gasteiger partial charge in [-0.25, -0.2) is 13.4 Å². The number of sulfonamides is 1. The van der Waals surface area contributed by atoms with Gasteiger partial charge >= 0.3 is 0 Å². The van der Waals surface area contributed by atoms with E-state index in [2.05, 4.69) is 4.98 Å². The smallest absolute Gasteiger partial charge is 0.274 e. The summed E-state index contributed by atoms with van der Waals surface area (Å²) < 4.78 is 28.6. The molecule has 1 unspecified atom stereocenters. The van der Waals surface area contributed by atoms with Gasteiger partial charge in [-0.1, -0.05) is 12.1 Å². The zero-order valence-electron chi connectivity index (χ0n) is 14.2. The average molecular weight is 360 g/mol. The number of carbonyl (C=O) groups is 1. The van der Waals surface area contributed by atoms with Gasteiger partial charge in [0.15, 0.2) is 5.69 Å². The van der Waals surface area contributed by atoms with Crippen molar-refractivity contribution in [1.29, 1.82) is 0 Å². The van der Waals surface area contributed by atoms with E-state index >= 15 is 0 Å². The number of rotatable bonds is 1. The Bertz CT molecular complexity index is 951. The van der Waals surface area contributed by atoms with Crippen LogP contribution in [-0.4, -0.2) is 52.7 Å². The molecule has 1 aromatic carbocycles. The molecule has 1 fully saturated rings. The lowest BCUT2D eigenvalue weighted by Crippen LogP contribution is -2.35. The minimum Gasteiger partial charge on any atom is -0.335 e. The van der Waals surface area contributed by atoms with Crippen LogP contribution in [0.2, 0.25) is 0 Å². The fourth-order valence-electron chi connectivity index (χ4n) is 3.62. The van der Waals surface area contributed by atoms with Gasteiger partial charge in [0.1, 0.15) is 11.2 Å². The van der Waals surface area contributed by atoms with Gasteiger partial charge < -0.3 is 4.90 Å². The van der Waals surface area contributed by atoms with Crippen molar-refractivity contribution in [1.82, 2.24) is 18.8 Å². The van der Waals surface area contributed by atoms with Gasteiger partial charge in [0.25, 0.3) is 5.91 Å². The second kappa shape index (κ2) is 5.67. The van der Waals surface area contributed by atoms with E-state index in [-0.39, 0.29) is 23.4 Å². The maximum Gasteiger partial charge on any atom is 0.274 e. The summed E-state index contributed by atoms with van der Waals surface area (Å²) >= 11 is 0. The van der Waals surface area contributed by atoms with Crippen molar-refractivity contribution >= 4 is 15.9 Å². The summed E-state index contributed by atoms with van der Waals surface area (Å²) in [5.74, 6) is -0.121. The number of aromatic nitrogens is 2. The summed E-state index contributed by atoms with van der Waals surface area (Å²) in [5.41, 5.74) is 1.48. The summed E-state index contributed by atoms with van der Waals surface area (Å²) in [6.07, 6.45) is 3.52. The maximum absolute atomic E-state index is 13.0. The molecule has 1 atom stereocenters. The fourth-order valence-corrected chi connectivity index (χ4v) is 4.93. The molecule has 3 heterocycles. The van der Waals surface area contributed by atoms with Gasteiger partial charge in [0.2, 0.25) is 10.0 Å². The van der Waals surface area contributed by atoms with E-state index in [1.165, 1.54) is 11.4 Å². The topological polar surface area (TPSA) is 75.5 Å². The van der Waals surface area contributed by atoms with E-state index in [9.17, 15) is 13.2 Å². The predicted molar refractivity (Wildman–Crippen MR) is 91.9 cm³/mol. The number of fused-ring (bicyclic) bond motifs is 3. The first-order valence-electron chi connectivity index (χ1n) is 8.34. The lowest BCUT2D eigenvalue weighted by Gasteiger charge is -2.21. The van der Waals surface area contributed by atoms with Crippen LogP contribution in [0.25, 0.3) is 5.69 Å². The highest BCUT2D eigenvalue weighted by Gasteiger charge is 2.35. The molecule has 4 rings (SSSR count). The van der Waals surface area contributed by atoms with E-state index in [1.807, 2.05) is 11.8 Å². The van der Waals surface area contributed by atoms with Crippen LogP contribution >= 0.6 is 0 Å². The second-order valence-electron chi connectivity index (χ2n) is 6.63. The Kier molecular flexibility index (Phi) is 3.69. The van der Waals surface area contributed by atoms with Gasteiger partial charge in [-0.05, 0) is 31.9 Å². The van der Waals surface area contributed by atoms with E-state index in [0.29, 0.717) is 17.1 Å². The lowest BCUT2D eigenvalue weighted by atomic mass is 10.2. The molecule has 1 saturated heterocycles. The van der Waals surface area contributed by atoms with Crippen LogP contribution in [-0.2, 0) is 16.6 Å². The minimum absolute atomic E-state index is 0.111. The van der Waals surface area contributed by atoms with Crippen LogP contribution < -0.4 is 0 Å². The number of amides is 1. The highest BCUT2D eigenvalue weighted by Crippen LogP contribution is 2.31. The Labute approximate surface area is 146 Å². The van der Waals surface area contributed by atoms with Gasteiger partial charge in [-0.15, -0.1) is 0 Å². The molecule has 1 amide bonds. The zero-order chi connectivity index (χ0) is 17.8. The Hall–Kier alpha value is -2.19. The number of hydrogen-bond acceptors (Lipinski definition) is 4. The van der Waals surface area contributed by atoms with E-state index in [1.54, 1.807) is 35.2 Å². The summed E-state index contributed by atoms with van der Waals surface area (Å²) in [6.45, 7) is 2.86. The first-order valence-corrected chi connectivity index (χ1v) is 9.78. The number of hydrogen-bond donors (Lipinski definition) is 0. The standard InChI is InChI=1S/C17H20N4O3S/c1-12-6-5-9-20(12)17(22)16-14-10-19(2)25(23,24)15-8-4-3-7-13(15)21(14)11-18-16/h3-4,7-8,11-12H,5-6,9-10H2,1-2H3. The Morgan fingerprint density at radius 1 is 1.28 bits per heavy atom. The first-order chi connectivity index (χ1) is 11.9. The monoisotopic (exact) mass is 360 g/mol. The number of imidazole rings is 1. The van der Waals surface area contributed by atoms with Crippen molar-refractivity contribution in [3.05, 3.63) is 42.0 Å². The predicted octanol–water partition coefficient (Wildman–Crippen LogP) is 1.63. The average Bonchev–Trinajstić information content (AvgIpc) is 3.18. The highest BCUT2D eigenvalue weighted by molar-refractivity contribution is 7.89. The van der Waals surface area contributed by atoms with Crippen molar-refractivity contribution < 1.29 is 13.2 Å².